The van der Waals surface area contributed by atoms with E-state index in [1.807, 2.05) is 18.2 Å². The average Bonchev–Trinajstić information content (AvgIpc) is 1.17. The summed E-state index contributed by atoms with van der Waals surface area (Å²) in [6.45, 7) is 34.5. The molecule has 2 aliphatic rings. The zero-order chi connectivity index (χ0) is 61.1. The van der Waals surface area contributed by atoms with Gasteiger partial charge < -0.3 is 14.7 Å². The Hall–Kier alpha value is -8.94. The molecule has 0 unspecified atom stereocenters. The molecule has 0 atom stereocenters. The lowest BCUT2D eigenvalue weighted by Crippen LogP contribution is -2.61. The van der Waals surface area contributed by atoms with E-state index in [2.05, 4.69) is 319 Å². The zero-order valence-electron chi connectivity index (χ0n) is 53.5. The van der Waals surface area contributed by atoms with Crippen LogP contribution < -0.4 is 31.1 Å². The number of aromatic nitrogens is 3. The molecule has 0 spiro atoms. The zero-order valence-corrected chi connectivity index (χ0v) is 53.5. The van der Waals surface area contributed by atoms with E-state index in [1.165, 1.54) is 61.0 Å². The lowest BCUT2D eigenvalue weighted by atomic mass is 9.33. The van der Waals surface area contributed by atoms with Gasteiger partial charge in [0, 0.05) is 50.9 Å². The SMILES string of the molecule is CC(C)(C)c1ccc(N2c3cc(N(c4ccc(C(C)(C)C)cc4-c4ccccc4)c4ccc(C(C)(C)C)cc4-c4ccccc4)ccc3B3c4cc5nn(-c6ccccc6)nc5cc4N(c4ccc(C(C)(C)C)cc4)c4cc(C(C)(C)C)cc2c43)cc1. The molecular formula is C80H81BN6. The van der Waals surface area contributed by atoms with Crippen LogP contribution in [-0.2, 0) is 27.1 Å². The molecule has 0 N–H and O–H groups in total. The molecule has 10 aromatic carbocycles. The number of benzene rings is 10. The van der Waals surface area contributed by atoms with E-state index in [4.69, 9.17) is 10.2 Å². The first-order valence-corrected chi connectivity index (χ1v) is 31.1. The number of hydrogen-bond donors (Lipinski definition) is 0. The van der Waals surface area contributed by atoms with E-state index >= 15 is 0 Å². The topological polar surface area (TPSA) is 40.4 Å². The van der Waals surface area contributed by atoms with Crippen molar-refractivity contribution in [3.05, 3.63) is 246 Å². The van der Waals surface area contributed by atoms with Gasteiger partial charge in [0.05, 0.1) is 17.1 Å². The van der Waals surface area contributed by atoms with Gasteiger partial charge in [-0.05, 0) is 179 Å². The van der Waals surface area contributed by atoms with Crippen LogP contribution in [0.3, 0.4) is 0 Å². The Kier molecular flexibility index (Phi) is 13.7. The predicted octanol–water partition coefficient (Wildman–Crippen LogP) is 19.8. The molecule has 434 valence electrons. The number of anilines is 9. The summed E-state index contributed by atoms with van der Waals surface area (Å²) in [4.78, 5) is 9.46. The lowest BCUT2D eigenvalue weighted by molar-refractivity contribution is 0.589. The van der Waals surface area contributed by atoms with Crippen molar-refractivity contribution in [3.8, 4) is 27.9 Å². The second kappa shape index (κ2) is 20.9. The van der Waals surface area contributed by atoms with Gasteiger partial charge in [0.25, 0.3) is 6.71 Å². The molecule has 3 heterocycles. The number of hydrogen-bond acceptors (Lipinski definition) is 5. The second-order valence-corrected chi connectivity index (χ2v) is 29.4. The second-order valence-electron chi connectivity index (χ2n) is 29.4. The summed E-state index contributed by atoms with van der Waals surface area (Å²) in [7, 11) is 0. The molecule has 0 saturated heterocycles. The molecule has 7 heteroatoms. The fourth-order valence-corrected chi connectivity index (χ4v) is 12.9. The Bertz CT molecular complexity index is 4290. The predicted molar refractivity (Wildman–Crippen MR) is 372 cm³/mol. The van der Waals surface area contributed by atoms with Crippen LogP contribution in [-0.4, -0.2) is 21.7 Å². The fourth-order valence-electron chi connectivity index (χ4n) is 12.9. The Morgan fingerprint density at radius 2 is 0.724 bits per heavy atom. The first-order chi connectivity index (χ1) is 41.3. The average molecular weight is 1140 g/mol. The molecule has 0 amide bonds. The highest BCUT2D eigenvalue weighted by molar-refractivity contribution is 7.00. The minimum absolute atomic E-state index is 0.0178. The molecule has 0 bridgehead atoms. The molecule has 13 rings (SSSR count). The smallest absolute Gasteiger partial charge is 0.252 e. The van der Waals surface area contributed by atoms with E-state index in [0.29, 0.717) is 0 Å². The van der Waals surface area contributed by atoms with Crippen LogP contribution in [0.2, 0.25) is 0 Å². The molecule has 0 fully saturated rings. The molecule has 1 aromatic heterocycles. The number of fused-ring (bicyclic) bond motifs is 5. The lowest BCUT2D eigenvalue weighted by Gasteiger charge is -2.45. The van der Waals surface area contributed by atoms with Crippen molar-refractivity contribution in [2.24, 2.45) is 0 Å². The third-order valence-electron chi connectivity index (χ3n) is 18.0. The van der Waals surface area contributed by atoms with Crippen LogP contribution in [0.25, 0.3) is 39.0 Å². The molecule has 0 radical (unpaired) electrons. The van der Waals surface area contributed by atoms with E-state index in [9.17, 15) is 0 Å². The van der Waals surface area contributed by atoms with Crippen molar-refractivity contribution in [2.45, 2.75) is 131 Å². The number of para-hydroxylation sites is 1. The highest BCUT2D eigenvalue weighted by atomic mass is 15.5. The normalized spacial score (nSPS) is 13.4. The largest absolute Gasteiger partial charge is 0.311 e. The summed E-state index contributed by atoms with van der Waals surface area (Å²) in [5.41, 5.74) is 26.9. The van der Waals surface area contributed by atoms with Crippen LogP contribution >= 0.6 is 0 Å². The van der Waals surface area contributed by atoms with Crippen LogP contribution in [0.4, 0.5) is 51.2 Å². The van der Waals surface area contributed by atoms with Gasteiger partial charge >= 0.3 is 0 Å². The molecule has 87 heavy (non-hydrogen) atoms. The molecule has 11 aromatic rings. The summed E-state index contributed by atoms with van der Waals surface area (Å²) >= 11 is 0. The van der Waals surface area contributed by atoms with Crippen molar-refractivity contribution in [2.75, 3.05) is 14.7 Å². The number of rotatable bonds is 8. The Balaban J connectivity index is 1.15. The summed E-state index contributed by atoms with van der Waals surface area (Å²) in [5, 5.41) is 10.5. The standard InChI is InChI=1S/C80H81BN6/c1-76(2,3)54-31-37-59(38-32-54)84-71-49-62(86(69-43-35-56(78(7,8)9)45-63(69)52-25-19-16-20-26-52)70-44-36-57(79(10,11)12)46-64(70)53-27-21-17-22-28-53)41-42-65(71)81-66-50-67-68(83-87(82-67)61-29-23-18-24-30-61)51-72(66)85(60-39-33-55(34-40-60)77(4,5)6)74-48-58(80(13,14)15)47-73(84)75(74)81/h16-51H,1-15H3. The highest BCUT2D eigenvalue weighted by Crippen LogP contribution is 2.51. The summed E-state index contributed by atoms with van der Waals surface area (Å²) in [5.74, 6) is 0. The summed E-state index contributed by atoms with van der Waals surface area (Å²) in [6.07, 6.45) is 0. The molecule has 6 nitrogen and oxygen atoms in total. The van der Waals surface area contributed by atoms with E-state index in [1.54, 1.807) is 4.80 Å². The van der Waals surface area contributed by atoms with E-state index in [-0.39, 0.29) is 33.8 Å². The molecular weight excluding hydrogens is 1060 g/mol. The van der Waals surface area contributed by atoms with E-state index in [0.717, 1.165) is 73.3 Å². The summed E-state index contributed by atoms with van der Waals surface area (Å²) in [6, 6.07) is 82.2. The molecule has 2 aliphatic heterocycles. The Labute approximate surface area is 517 Å². The quantitative estimate of drug-likeness (QED) is 0.142. The van der Waals surface area contributed by atoms with Crippen molar-refractivity contribution in [3.63, 3.8) is 0 Å². The van der Waals surface area contributed by atoms with Crippen LogP contribution in [0.15, 0.2) is 218 Å². The molecule has 0 saturated carbocycles. The minimum Gasteiger partial charge on any atom is -0.311 e. The number of nitrogens with zero attached hydrogens (tertiary/aromatic N) is 6. The van der Waals surface area contributed by atoms with Crippen molar-refractivity contribution < 1.29 is 0 Å². The third kappa shape index (κ3) is 10.4. The van der Waals surface area contributed by atoms with Gasteiger partial charge in [-0.2, -0.15) is 4.80 Å². The van der Waals surface area contributed by atoms with Gasteiger partial charge in [-0.25, -0.2) is 0 Å². The minimum atomic E-state index is -0.216. The van der Waals surface area contributed by atoms with Crippen LogP contribution in [0, 0.1) is 0 Å². The highest BCUT2D eigenvalue weighted by Gasteiger charge is 2.45. The van der Waals surface area contributed by atoms with Crippen molar-refractivity contribution in [1.82, 2.24) is 15.0 Å². The Morgan fingerprint density at radius 1 is 0.322 bits per heavy atom. The van der Waals surface area contributed by atoms with Gasteiger partial charge in [0.1, 0.15) is 11.0 Å². The van der Waals surface area contributed by atoms with Gasteiger partial charge in [-0.15, -0.1) is 10.2 Å². The maximum atomic E-state index is 5.27. The van der Waals surface area contributed by atoms with Gasteiger partial charge in [0.15, 0.2) is 0 Å². The fraction of sp³-hybridized carbons (Fsp3) is 0.250. The van der Waals surface area contributed by atoms with Crippen LogP contribution in [0.1, 0.15) is 132 Å². The monoisotopic (exact) mass is 1140 g/mol. The van der Waals surface area contributed by atoms with Crippen molar-refractivity contribution >= 4 is 85.3 Å². The van der Waals surface area contributed by atoms with E-state index < -0.39 is 0 Å². The van der Waals surface area contributed by atoms with Crippen molar-refractivity contribution in [1.29, 1.82) is 0 Å². The first kappa shape index (κ1) is 57.2. The maximum absolute atomic E-state index is 5.27. The Morgan fingerprint density at radius 3 is 1.16 bits per heavy atom. The van der Waals surface area contributed by atoms with Gasteiger partial charge in [0.2, 0.25) is 0 Å². The first-order valence-electron chi connectivity index (χ1n) is 31.1. The third-order valence-corrected chi connectivity index (χ3v) is 18.0. The van der Waals surface area contributed by atoms with Crippen LogP contribution in [0.5, 0.6) is 0 Å². The maximum Gasteiger partial charge on any atom is 0.252 e. The van der Waals surface area contributed by atoms with Gasteiger partial charge in [-0.1, -0.05) is 225 Å². The summed E-state index contributed by atoms with van der Waals surface area (Å²) < 4.78 is 0. The van der Waals surface area contributed by atoms with Gasteiger partial charge in [-0.3, -0.25) is 0 Å². The molecule has 0 aliphatic carbocycles.